The molecular weight excluding hydrogens is 218 g/mol. The van der Waals surface area contributed by atoms with E-state index in [-0.39, 0.29) is 12.6 Å². The monoisotopic (exact) mass is 241 g/mol. The van der Waals surface area contributed by atoms with Gasteiger partial charge in [0.25, 0.3) is 0 Å². The molecule has 0 heterocycles. The zero-order chi connectivity index (χ0) is 12.7. The van der Waals surface area contributed by atoms with Crippen LogP contribution in [0.3, 0.4) is 0 Å². The zero-order valence-electron chi connectivity index (χ0n) is 10.7. The number of ether oxygens (including phenoxy) is 1. The molecule has 2 atom stereocenters. The summed E-state index contributed by atoms with van der Waals surface area (Å²) in [6.45, 7) is 2.65. The van der Waals surface area contributed by atoms with E-state index in [1.807, 2.05) is 6.08 Å². The van der Waals surface area contributed by atoms with Gasteiger partial charge in [0.05, 0.1) is 7.11 Å². The highest BCUT2D eigenvalue weighted by atomic mass is 16.5. The summed E-state index contributed by atoms with van der Waals surface area (Å²) in [4.78, 5) is 11.2. The topological polar surface area (TPSA) is 58.6 Å². The summed E-state index contributed by atoms with van der Waals surface area (Å²) in [6.07, 6.45) is 6.47. The molecule has 0 aromatic rings. The van der Waals surface area contributed by atoms with Crippen molar-refractivity contribution in [2.45, 2.75) is 38.6 Å². The van der Waals surface area contributed by atoms with E-state index in [1.165, 1.54) is 20.0 Å². The SMILES string of the molecule is COC(=O)C(C)=CCNC1CCCCC1CO. The summed E-state index contributed by atoms with van der Waals surface area (Å²) in [5.74, 6) is 0.0738. The van der Waals surface area contributed by atoms with Crippen LogP contribution < -0.4 is 5.32 Å². The Hall–Kier alpha value is -0.870. The number of aliphatic hydroxyl groups is 1. The Morgan fingerprint density at radius 2 is 2.18 bits per heavy atom. The minimum atomic E-state index is -0.283. The summed E-state index contributed by atoms with van der Waals surface area (Å²) in [6, 6.07) is 0.371. The number of methoxy groups -OCH3 is 1. The third kappa shape index (κ3) is 4.48. The molecule has 1 rings (SSSR count). The molecule has 4 nitrogen and oxygen atoms in total. The first-order chi connectivity index (χ1) is 8.19. The smallest absolute Gasteiger partial charge is 0.333 e. The quantitative estimate of drug-likeness (QED) is 0.562. The van der Waals surface area contributed by atoms with Crippen LogP contribution >= 0.6 is 0 Å². The molecule has 0 spiro atoms. The minimum Gasteiger partial charge on any atom is -0.466 e. The molecule has 2 N–H and O–H groups in total. The van der Waals surface area contributed by atoms with Crippen LogP contribution in [-0.4, -0.2) is 37.4 Å². The number of aliphatic hydroxyl groups excluding tert-OH is 1. The van der Waals surface area contributed by atoms with Crippen molar-refractivity contribution >= 4 is 5.97 Å². The van der Waals surface area contributed by atoms with Crippen molar-refractivity contribution in [1.29, 1.82) is 0 Å². The Bertz CT molecular complexity index is 276. The molecule has 0 bridgehead atoms. The highest BCUT2D eigenvalue weighted by Crippen LogP contribution is 2.23. The molecule has 1 fully saturated rings. The maximum atomic E-state index is 11.2. The van der Waals surface area contributed by atoms with Gasteiger partial charge in [-0.3, -0.25) is 0 Å². The molecule has 17 heavy (non-hydrogen) atoms. The molecule has 98 valence electrons. The molecule has 0 saturated heterocycles. The van der Waals surface area contributed by atoms with Crippen LogP contribution in [-0.2, 0) is 9.53 Å². The lowest BCUT2D eigenvalue weighted by atomic mass is 9.85. The van der Waals surface area contributed by atoms with Gasteiger partial charge in [0.1, 0.15) is 0 Å². The van der Waals surface area contributed by atoms with Crippen molar-refractivity contribution in [3.8, 4) is 0 Å². The van der Waals surface area contributed by atoms with Crippen LogP contribution in [0.4, 0.5) is 0 Å². The van der Waals surface area contributed by atoms with Gasteiger partial charge in [-0.25, -0.2) is 4.79 Å². The summed E-state index contributed by atoms with van der Waals surface area (Å²) in [7, 11) is 1.38. The fourth-order valence-electron chi connectivity index (χ4n) is 2.30. The largest absolute Gasteiger partial charge is 0.466 e. The number of carbonyl (C=O) groups is 1. The maximum Gasteiger partial charge on any atom is 0.333 e. The van der Waals surface area contributed by atoms with Crippen molar-refractivity contribution < 1.29 is 14.6 Å². The molecule has 0 amide bonds. The Labute approximate surface area is 103 Å². The average Bonchev–Trinajstić information content (AvgIpc) is 2.38. The zero-order valence-corrected chi connectivity index (χ0v) is 10.7. The minimum absolute atomic E-state index is 0.247. The van der Waals surface area contributed by atoms with E-state index < -0.39 is 0 Å². The second kappa shape index (κ2) is 7.45. The average molecular weight is 241 g/mol. The van der Waals surface area contributed by atoms with E-state index in [4.69, 9.17) is 0 Å². The van der Waals surface area contributed by atoms with Crippen LogP contribution in [0.25, 0.3) is 0 Å². The number of rotatable bonds is 5. The number of nitrogens with one attached hydrogen (secondary N) is 1. The lowest BCUT2D eigenvalue weighted by Gasteiger charge is -2.30. The number of esters is 1. The van der Waals surface area contributed by atoms with Crippen LogP contribution in [0, 0.1) is 5.92 Å². The summed E-state index contributed by atoms with van der Waals surface area (Å²) < 4.78 is 4.62. The molecule has 4 heteroatoms. The Kier molecular flexibility index (Phi) is 6.22. The predicted molar refractivity (Wildman–Crippen MR) is 66.6 cm³/mol. The molecule has 2 unspecified atom stereocenters. The highest BCUT2D eigenvalue weighted by molar-refractivity contribution is 5.87. The van der Waals surface area contributed by atoms with E-state index in [0.29, 0.717) is 24.1 Å². The second-order valence-electron chi connectivity index (χ2n) is 4.62. The van der Waals surface area contributed by atoms with Crippen molar-refractivity contribution in [2.24, 2.45) is 5.92 Å². The van der Waals surface area contributed by atoms with E-state index in [9.17, 15) is 9.90 Å². The lowest BCUT2D eigenvalue weighted by molar-refractivity contribution is -0.136. The first kappa shape index (κ1) is 14.2. The fraction of sp³-hybridized carbons (Fsp3) is 0.769. The second-order valence-corrected chi connectivity index (χ2v) is 4.62. The Morgan fingerprint density at radius 1 is 1.47 bits per heavy atom. The third-order valence-corrected chi connectivity index (χ3v) is 3.44. The molecule has 0 aromatic carbocycles. The molecule has 1 saturated carbocycles. The molecule has 0 aromatic heterocycles. The molecule has 1 aliphatic carbocycles. The molecular formula is C13H23NO3. The van der Waals surface area contributed by atoms with E-state index in [1.54, 1.807) is 6.92 Å². The van der Waals surface area contributed by atoms with Crippen LogP contribution in [0.2, 0.25) is 0 Å². The molecule has 0 radical (unpaired) electrons. The standard InChI is InChI=1S/C13H23NO3/c1-10(13(16)17-2)7-8-14-12-6-4-3-5-11(12)9-15/h7,11-12,14-15H,3-6,8-9H2,1-2H3. The van der Waals surface area contributed by atoms with Gasteiger partial charge in [-0.15, -0.1) is 0 Å². The van der Waals surface area contributed by atoms with Gasteiger partial charge in [-0.05, 0) is 25.7 Å². The fourth-order valence-corrected chi connectivity index (χ4v) is 2.30. The first-order valence-corrected chi connectivity index (χ1v) is 6.28. The first-order valence-electron chi connectivity index (χ1n) is 6.28. The van der Waals surface area contributed by atoms with Gasteiger partial charge < -0.3 is 15.2 Å². The number of hydrogen-bond acceptors (Lipinski definition) is 4. The van der Waals surface area contributed by atoms with Gasteiger partial charge >= 0.3 is 5.97 Å². The Balaban J connectivity index is 2.36. The third-order valence-electron chi connectivity index (χ3n) is 3.44. The number of carbonyl (C=O) groups excluding carboxylic acids is 1. The van der Waals surface area contributed by atoms with Crippen molar-refractivity contribution in [3.63, 3.8) is 0 Å². The molecule has 1 aliphatic rings. The van der Waals surface area contributed by atoms with Gasteiger partial charge in [0.15, 0.2) is 0 Å². The normalized spacial score (nSPS) is 25.7. The van der Waals surface area contributed by atoms with E-state index in [2.05, 4.69) is 10.1 Å². The summed E-state index contributed by atoms with van der Waals surface area (Å²) in [5.41, 5.74) is 0.622. The number of hydrogen-bond donors (Lipinski definition) is 2. The van der Waals surface area contributed by atoms with Gasteiger partial charge in [-0.2, -0.15) is 0 Å². The van der Waals surface area contributed by atoms with E-state index in [0.717, 1.165) is 12.8 Å². The maximum absolute atomic E-state index is 11.2. The van der Waals surface area contributed by atoms with Crippen LogP contribution in [0.1, 0.15) is 32.6 Å². The Morgan fingerprint density at radius 3 is 2.82 bits per heavy atom. The van der Waals surface area contributed by atoms with Gasteiger partial charge in [0, 0.05) is 24.8 Å². The highest BCUT2D eigenvalue weighted by Gasteiger charge is 2.23. The lowest BCUT2D eigenvalue weighted by Crippen LogP contribution is -2.40. The van der Waals surface area contributed by atoms with E-state index >= 15 is 0 Å². The van der Waals surface area contributed by atoms with Gasteiger partial charge in [0.2, 0.25) is 0 Å². The van der Waals surface area contributed by atoms with Crippen molar-refractivity contribution in [1.82, 2.24) is 5.32 Å². The van der Waals surface area contributed by atoms with Crippen LogP contribution in [0.5, 0.6) is 0 Å². The summed E-state index contributed by atoms with van der Waals surface area (Å²) in [5, 5.41) is 12.7. The van der Waals surface area contributed by atoms with Crippen molar-refractivity contribution in [2.75, 3.05) is 20.3 Å². The molecule has 0 aliphatic heterocycles. The van der Waals surface area contributed by atoms with Crippen molar-refractivity contribution in [3.05, 3.63) is 11.6 Å². The van der Waals surface area contributed by atoms with Gasteiger partial charge in [-0.1, -0.05) is 18.9 Å². The summed E-state index contributed by atoms with van der Waals surface area (Å²) >= 11 is 0. The van der Waals surface area contributed by atoms with Crippen LogP contribution in [0.15, 0.2) is 11.6 Å². The predicted octanol–water partition coefficient (Wildman–Crippen LogP) is 1.25.